The summed E-state index contributed by atoms with van der Waals surface area (Å²) < 4.78 is 0. The van der Waals surface area contributed by atoms with Crippen LogP contribution in [0, 0.1) is 11.8 Å². The number of imide groups is 1. The number of carbonyl (C=O) groups excluding carboxylic acids is 3. The number of allylic oxidation sites excluding steroid dienone is 2. The number of hydrogen-bond acceptors (Lipinski definition) is 3. The molecule has 2 unspecified atom stereocenters. The van der Waals surface area contributed by atoms with E-state index in [0.29, 0.717) is 19.4 Å². The van der Waals surface area contributed by atoms with E-state index in [1.54, 1.807) is 0 Å². The van der Waals surface area contributed by atoms with E-state index in [1.165, 1.54) is 10.5 Å². The summed E-state index contributed by atoms with van der Waals surface area (Å²) in [6.45, 7) is 0.738. The van der Waals surface area contributed by atoms with Gasteiger partial charge in [0, 0.05) is 19.5 Å². The Labute approximate surface area is 141 Å². The summed E-state index contributed by atoms with van der Waals surface area (Å²) in [7, 11) is 0. The van der Waals surface area contributed by atoms with Gasteiger partial charge >= 0.3 is 0 Å². The topological polar surface area (TPSA) is 66.5 Å². The van der Waals surface area contributed by atoms with Gasteiger partial charge in [0.1, 0.15) is 0 Å². The predicted octanol–water partition coefficient (Wildman–Crippen LogP) is 1.69. The maximum atomic E-state index is 12.3. The second kappa shape index (κ2) is 7.43. The molecule has 0 bridgehead atoms. The second-order valence-electron chi connectivity index (χ2n) is 6.32. The Morgan fingerprint density at radius 3 is 2.29 bits per heavy atom. The normalized spacial score (nSPS) is 22.6. The van der Waals surface area contributed by atoms with Crippen LogP contribution in [0.2, 0.25) is 0 Å². The van der Waals surface area contributed by atoms with E-state index in [2.05, 4.69) is 5.32 Å². The molecule has 0 spiro atoms. The van der Waals surface area contributed by atoms with Gasteiger partial charge in [0.05, 0.1) is 11.8 Å². The van der Waals surface area contributed by atoms with Gasteiger partial charge in [0.15, 0.2) is 0 Å². The molecule has 126 valence electrons. The van der Waals surface area contributed by atoms with Gasteiger partial charge in [0.25, 0.3) is 0 Å². The molecule has 0 aromatic heterocycles. The van der Waals surface area contributed by atoms with Gasteiger partial charge in [-0.15, -0.1) is 0 Å². The molecule has 1 aromatic rings. The molecule has 5 heteroatoms. The Morgan fingerprint density at radius 1 is 1.04 bits per heavy atom. The van der Waals surface area contributed by atoms with E-state index in [9.17, 15) is 14.4 Å². The molecule has 1 saturated heterocycles. The summed E-state index contributed by atoms with van der Waals surface area (Å²) in [4.78, 5) is 37.8. The third-order valence-electron chi connectivity index (χ3n) is 4.74. The van der Waals surface area contributed by atoms with Crippen molar-refractivity contribution in [3.05, 3.63) is 48.0 Å². The maximum absolute atomic E-state index is 12.3. The molecule has 5 nitrogen and oxygen atoms in total. The standard InChI is InChI=1S/C19H22N2O3/c22-17(20-12-10-14-6-2-1-3-7-14)11-13-21-18(23)15-8-4-5-9-16(15)19(21)24/h1-7,15-16H,8-13H2,(H,20,22). The van der Waals surface area contributed by atoms with Gasteiger partial charge in [0.2, 0.25) is 17.7 Å². The highest BCUT2D eigenvalue weighted by molar-refractivity contribution is 6.05. The quantitative estimate of drug-likeness (QED) is 0.639. The van der Waals surface area contributed by atoms with E-state index in [4.69, 9.17) is 0 Å². The summed E-state index contributed by atoms with van der Waals surface area (Å²) in [5.41, 5.74) is 1.17. The third-order valence-corrected chi connectivity index (χ3v) is 4.74. The minimum absolute atomic E-state index is 0.119. The van der Waals surface area contributed by atoms with Gasteiger partial charge < -0.3 is 5.32 Å². The van der Waals surface area contributed by atoms with Crippen molar-refractivity contribution in [1.29, 1.82) is 0 Å². The van der Waals surface area contributed by atoms with Crippen LogP contribution in [0.1, 0.15) is 24.8 Å². The van der Waals surface area contributed by atoms with Crippen molar-refractivity contribution in [2.45, 2.75) is 25.7 Å². The van der Waals surface area contributed by atoms with Crippen LogP contribution in [-0.2, 0) is 20.8 Å². The van der Waals surface area contributed by atoms with Crippen molar-refractivity contribution in [3.63, 3.8) is 0 Å². The van der Waals surface area contributed by atoms with E-state index in [1.807, 2.05) is 42.5 Å². The minimum atomic E-state index is -0.219. The van der Waals surface area contributed by atoms with Crippen LogP contribution in [0.3, 0.4) is 0 Å². The molecule has 2 atom stereocenters. The van der Waals surface area contributed by atoms with Crippen LogP contribution in [-0.4, -0.2) is 35.7 Å². The summed E-state index contributed by atoms with van der Waals surface area (Å²) in [5, 5.41) is 2.85. The van der Waals surface area contributed by atoms with Gasteiger partial charge in [-0.2, -0.15) is 0 Å². The average molecular weight is 326 g/mol. The van der Waals surface area contributed by atoms with Crippen LogP contribution in [0.5, 0.6) is 0 Å². The first-order valence-electron chi connectivity index (χ1n) is 8.47. The first-order valence-corrected chi connectivity index (χ1v) is 8.47. The lowest BCUT2D eigenvalue weighted by Crippen LogP contribution is -2.35. The molecule has 3 amide bonds. The van der Waals surface area contributed by atoms with E-state index >= 15 is 0 Å². The monoisotopic (exact) mass is 326 g/mol. The van der Waals surface area contributed by atoms with Crippen molar-refractivity contribution >= 4 is 17.7 Å². The van der Waals surface area contributed by atoms with E-state index in [0.717, 1.165) is 6.42 Å². The minimum Gasteiger partial charge on any atom is -0.356 e. The van der Waals surface area contributed by atoms with Gasteiger partial charge in [-0.05, 0) is 24.8 Å². The Balaban J connectivity index is 1.43. The van der Waals surface area contributed by atoms with Crippen LogP contribution in [0.4, 0.5) is 0 Å². The zero-order valence-electron chi connectivity index (χ0n) is 13.6. The lowest BCUT2D eigenvalue weighted by molar-refractivity contribution is -0.140. The molecule has 0 saturated carbocycles. The van der Waals surface area contributed by atoms with Gasteiger partial charge in [-0.3, -0.25) is 19.3 Å². The SMILES string of the molecule is O=C(CCN1C(=O)C2CC=CCC2C1=O)NCCc1ccccc1. The van der Waals surface area contributed by atoms with Gasteiger partial charge in [-0.25, -0.2) is 0 Å². The van der Waals surface area contributed by atoms with E-state index < -0.39 is 0 Å². The fraction of sp³-hybridized carbons (Fsp3) is 0.421. The van der Waals surface area contributed by atoms with Crippen molar-refractivity contribution < 1.29 is 14.4 Å². The Hall–Kier alpha value is -2.43. The molecule has 1 heterocycles. The first kappa shape index (κ1) is 16.4. The molecular weight excluding hydrogens is 304 g/mol. The van der Waals surface area contributed by atoms with Crippen LogP contribution in [0.15, 0.2) is 42.5 Å². The highest BCUT2D eigenvalue weighted by Gasteiger charge is 2.46. The lowest BCUT2D eigenvalue weighted by atomic mass is 9.85. The number of nitrogens with one attached hydrogen (secondary N) is 1. The molecule has 0 radical (unpaired) electrons. The molecule has 1 N–H and O–H groups in total. The van der Waals surface area contributed by atoms with Crippen molar-refractivity contribution in [2.24, 2.45) is 11.8 Å². The second-order valence-corrected chi connectivity index (χ2v) is 6.32. The number of fused-ring (bicyclic) bond motifs is 1. The first-order chi connectivity index (χ1) is 11.7. The molecule has 1 aliphatic carbocycles. The molecule has 2 aliphatic rings. The summed E-state index contributed by atoms with van der Waals surface area (Å²) >= 11 is 0. The molecule has 1 aromatic carbocycles. The maximum Gasteiger partial charge on any atom is 0.233 e. The number of hydrogen-bond donors (Lipinski definition) is 1. The van der Waals surface area contributed by atoms with Crippen molar-refractivity contribution in [3.8, 4) is 0 Å². The molecule has 1 fully saturated rings. The molecule has 24 heavy (non-hydrogen) atoms. The average Bonchev–Trinajstić information content (AvgIpc) is 2.85. The van der Waals surface area contributed by atoms with E-state index in [-0.39, 0.29) is 42.5 Å². The molecular formula is C19H22N2O3. The summed E-state index contributed by atoms with van der Waals surface area (Å²) in [5.74, 6) is -0.801. The zero-order valence-corrected chi connectivity index (χ0v) is 13.6. The van der Waals surface area contributed by atoms with Crippen molar-refractivity contribution in [2.75, 3.05) is 13.1 Å². The Bertz CT molecular complexity index is 628. The van der Waals surface area contributed by atoms with Crippen LogP contribution >= 0.6 is 0 Å². The zero-order chi connectivity index (χ0) is 16.9. The van der Waals surface area contributed by atoms with Gasteiger partial charge in [-0.1, -0.05) is 42.5 Å². The molecule has 3 rings (SSSR count). The number of nitrogens with zero attached hydrogens (tertiary/aromatic N) is 1. The Kier molecular flexibility index (Phi) is 5.08. The predicted molar refractivity (Wildman–Crippen MR) is 89.8 cm³/mol. The fourth-order valence-electron chi connectivity index (χ4n) is 3.38. The highest BCUT2D eigenvalue weighted by atomic mass is 16.2. The summed E-state index contributed by atoms with van der Waals surface area (Å²) in [6.07, 6.45) is 6.13. The Morgan fingerprint density at radius 2 is 1.67 bits per heavy atom. The largest absolute Gasteiger partial charge is 0.356 e. The number of carbonyl (C=O) groups is 3. The summed E-state index contributed by atoms with van der Waals surface area (Å²) in [6, 6.07) is 9.93. The fourth-order valence-corrected chi connectivity index (χ4v) is 3.38. The number of benzene rings is 1. The van der Waals surface area contributed by atoms with Crippen molar-refractivity contribution in [1.82, 2.24) is 10.2 Å². The number of amides is 3. The smallest absolute Gasteiger partial charge is 0.233 e. The number of likely N-dealkylation sites (tertiary alicyclic amines) is 1. The third kappa shape index (κ3) is 3.55. The lowest BCUT2D eigenvalue weighted by Gasteiger charge is -2.14. The van der Waals surface area contributed by atoms with Crippen LogP contribution < -0.4 is 5.32 Å². The van der Waals surface area contributed by atoms with Crippen LogP contribution in [0.25, 0.3) is 0 Å². The number of rotatable bonds is 6. The molecule has 1 aliphatic heterocycles. The highest BCUT2D eigenvalue weighted by Crippen LogP contribution is 2.34.